The summed E-state index contributed by atoms with van der Waals surface area (Å²) in [4.78, 5) is 0. The highest BCUT2D eigenvalue weighted by atomic mass is 31.2. The highest BCUT2D eigenvalue weighted by Gasteiger charge is 2.25. The Labute approximate surface area is 116 Å². The zero-order valence-corrected chi connectivity index (χ0v) is 13.2. The van der Waals surface area contributed by atoms with Gasteiger partial charge in [-0.1, -0.05) is 30.3 Å². The molecule has 1 rings (SSSR count). The van der Waals surface area contributed by atoms with Crippen LogP contribution < -0.4 is 0 Å². The third kappa shape index (κ3) is 5.73. The lowest BCUT2D eigenvalue weighted by Gasteiger charge is -2.20. The molecular formula is C15H23O3P. The van der Waals surface area contributed by atoms with E-state index in [0.29, 0.717) is 0 Å². The van der Waals surface area contributed by atoms with Gasteiger partial charge in [-0.3, -0.25) is 4.57 Å². The lowest BCUT2D eigenvalue weighted by Crippen LogP contribution is -2.06. The van der Waals surface area contributed by atoms with Crippen molar-refractivity contribution in [2.75, 3.05) is 0 Å². The summed E-state index contributed by atoms with van der Waals surface area (Å²) < 4.78 is 23.7. The molecular weight excluding hydrogens is 259 g/mol. The molecule has 106 valence electrons. The molecule has 0 atom stereocenters. The van der Waals surface area contributed by atoms with Crippen LogP contribution in [0.25, 0.3) is 5.57 Å². The average Bonchev–Trinajstić information content (AvgIpc) is 2.27. The van der Waals surface area contributed by atoms with Crippen molar-refractivity contribution in [3.63, 3.8) is 0 Å². The monoisotopic (exact) mass is 282 g/mol. The van der Waals surface area contributed by atoms with Gasteiger partial charge in [-0.25, -0.2) is 0 Å². The molecule has 0 amide bonds. The van der Waals surface area contributed by atoms with Crippen molar-refractivity contribution in [1.29, 1.82) is 0 Å². The molecule has 0 fully saturated rings. The van der Waals surface area contributed by atoms with Gasteiger partial charge in [0.25, 0.3) is 0 Å². The van der Waals surface area contributed by atoms with Crippen LogP contribution in [0.2, 0.25) is 0 Å². The van der Waals surface area contributed by atoms with Crippen LogP contribution in [-0.4, -0.2) is 12.2 Å². The highest BCUT2D eigenvalue weighted by Crippen LogP contribution is 2.53. The molecule has 1 aromatic carbocycles. The van der Waals surface area contributed by atoms with Crippen molar-refractivity contribution in [2.45, 2.75) is 46.8 Å². The van der Waals surface area contributed by atoms with Gasteiger partial charge >= 0.3 is 7.60 Å². The maximum atomic E-state index is 12.7. The second-order valence-electron chi connectivity index (χ2n) is 5.03. The summed E-state index contributed by atoms with van der Waals surface area (Å²) in [5.74, 6) is 1.61. The summed E-state index contributed by atoms with van der Waals surface area (Å²) in [5.41, 5.74) is 1.91. The lowest BCUT2D eigenvalue weighted by molar-refractivity contribution is 0.149. The lowest BCUT2D eigenvalue weighted by atomic mass is 10.1. The van der Waals surface area contributed by atoms with Gasteiger partial charge in [-0.05, 0) is 45.8 Å². The van der Waals surface area contributed by atoms with Gasteiger partial charge in [0.05, 0.1) is 12.2 Å². The minimum Gasteiger partial charge on any atom is -0.303 e. The normalized spacial score (nSPS) is 13.3. The molecule has 0 saturated heterocycles. The zero-order valence-electron chi connectivity index (χ0n) is 12.3. The molecule has 19 heavy (non-hydrogen) atoms. The second kappa shape index (κ2) is 7.04. The van der Waals surface area contributed by atoms with Gasteiger partial charge in [-0.2, -0.15) is 0 Å². The first-order chi connectivity index (χ1) is 8.82. The van der Waals surface area contributed by atoms with E-state index in [2.05, 4.69) is 0 Å². The molecule has 3 nitrogen and oxygen atoms in total. The third-order valence-electron chi connectivity index (χ3n) is 2.30. The number of hydrogen-bond donors (Lipinski definition) is 0. The predicted octanol–water partition coefficient (Wildman–Crippen LogP) is 5.09. The SMILES string of the molecule is C/C(=C\P(=O)(OC(C)C)OC(C)C)c1ccccc1. The molecule has 0 aliphatic rings. The molecule has 1 aromatic rings. The number of allylic oxidation sites excluding steroid dienone is 1. The molecule has 0 aliphatic carbocycles. The van der Waals surface area contributed by atoms with Gasteiger partial charge in [0, 0.05) is 5.82 Å². The number of rotatable bonds is 6. The van der Waals surface area contributed by atoms with Gasteiger partial charge in [0.2, 0.25) is 0 Å². The molecule has 0 spiro atoms. The third-order valence-corrected chi connectivity index (χ3v) is 4.43. The maximum absolute atomic E-state index is 12.7. The van der Waals surface area contributed by atoms with E-state index in [-0.39, 0.29) is 12.2 Å². The predicted molar refractivity (Wildman–Crippen MR) is 80.1 cm³/mol. The second-order valence-corrected chi connectivity index (χ2v) is 6.79. The largest absolute Gasteiger partial charge is 0.354 e. The molecule has 4 heteroatoms. The zero-order chi connectivity index (χ0) is 14.5. The van der Waals surface area contributed by atoms with Crippen LogP contribution in [-0.2, 0) is 13.6 Å². The minimum absolute atomic E-state index is 0.149. The van der Waals surface area contributed by atoms with Crippen molar-refractivity contribution < 1.29 is 13.6 Å². The summed E-state index contributed by atoms with van der Waals surface area (Å²) >= 11 is 0. The van der Waals surface area contributed by atoms with E-state index in [1.54, 1.807) is 5.82 Å². The van der Waals surface area contributed by atoms with Crippen molar-refractivity contribution in [1.82, 2.24) is 0 Å². The van der Waals surface area contributed by atoms with Gasteiger partial charge in [-0.15, -0.1) is 0 Å². The standard InChI is InChI=1S/C15H23O3P/c1-12(2)17-19(16,18-13(3)4)11-14(5)15-9-7-6-8-10-15/h6-13H,1-5H3/b14-11+. The highest BCUT2D eigenvalue weighted by molar-refractivity contribution is 7.57. The topological polar surface area (TPSA) is 35.5 Å². The van der Waals surface area contributed by atoms with Crippen LogP contribution in [0.4, 0.5) is 0 Å². The smallest absolute Gasteiger partial charge is 0.303 e. The van der Waals surface area contributed by atoms with Gasteiger partial charge < -0.3 is 9.05 Å². The van der Waals surface area contributed by atoms with Gasteiger partial charge in [0.1, 0.15) is 0 Å². The molecule has 0 heterocycles. The Balaban J connectivity index is 3.02. The van der Waals surface area contributed by atoms with Crippen LogP contribution in [0.1, 0.15) is 40.2 Å². The Hall–Kier alpha value is -0.890. The van der Waals surface area contributed by atoms with Crippen LogP contribution >= 0.6 is 7.60 Å². The first kappa shape index (κ1) is 16.2. The Morgan fingerprint density at radius 1 is 1.05 bits per heavy atom. The van der Waals surface area contributed by atoms with Crippen molar-refractivity contribution in [2.24, 2.45) is 0 Å². The van der Waals surface area contributed by atoms with Crippen LogP contribution in [0.3, 0.4) is 0 Å². The fourth-order valence-electron chi connectivity index (χ4n) is 1.69. The molecule has 0 N–H and O–H groups in total. The van der Waals surface area contributed by atoms with Crippen LogP contribution in [0, 0.1) is 0 Å². The van der Waals surface area contributed by atoms with Crippen LogP contribution in [0.5, 0.6) is 0 Å². The summed E-state index contributed by atoms with van der Waals surface area (Å²) in [6.45, 7) is 9.31. The van der Waals surface area contributed by atoms with Crippen molar-refractivity contribution in [3.8, 4) is 0 Å². The maximum Gasteiger partial charge on any atom is 0.354 e. The molecule has 0 radical (unpaired) electrons. The summed E-state index contributed by atoms with van der Waals surface area (Å²) in [5, 5.41) is 0. The first-order valence-corrected chi connectivity index (χ1v) is 8.15. The summed E-state index contributed by atoms with van der Waals surface area (Å²) in [6.07, 6.45) is -0.297. The van der Waals surface area contributed by atoms with E-state index in [1.165, 1.54) is 0 Å². The van der Waals surface area contributed by atoms with E-state index >= 15 is 0 Å². The number of hydrogen-bond acceptors (Lipinski definition) is 3. The fraction of sp³-hybridized carbons (Fsp3) is 0.467. The number of benzene rings is 1. The van der Waals surface area contributed by atoms with E-state index in [9.17, 15) is 4.57 Å². The average molecular weight is 282 g/mol. The summed E-state index contributed by atoms with van der Waals surface area (Å²) in [7, 11) is -3.22. The van der Waals surface area contributed by atoms with E-state index in [4.69, 9.17) is 9.05 Å². The van der Waals surface area contributed by atoms with Gasteiger partial charge in [0.15, 0.2) is 0 Å². The fourth-order valence-corrected chi connectivity index (χ4v) is 3.66. The van der Waals surface area contributed by atoms with E-state index in [1.807, 2.05) is 65.0 Å². The molecule has 0 bridgehead atoms. The quantitative estimate of drug-likeness (QED) is 0.682. The molecule has 0 saturated carbocycles. The van der Waals surface area contributed by atoms with Crippen LogP contribution in [0.15, 0.2) is 36.1 Å². The Morgan fingerprint density at radius 3 is 1.95 bits per heavy atom. The Kier molecular flexibility index (Phi) is 5.99. The van der Waals surface area contributed by atoms with Crippen molar-refractivity contribution in [3.05, 3.63) is 41.7 Å². The Morgan fingerprint density at radius 2 is 1.53 bits per heavy atom. The van der Waals surface area contributed by atoms with Crippen molar-refractivity contribution >= 4 is 13.2 Å². The molecule has 0 aliphatic heterocycles. The van der Waals surface area contributed by atoms with E-state index in [0.717, 1.165) is 11.1 Å². The Bertz CT molecular complexity index is 450. The minimum atomic E-state index is -3.22. The molecule has 0 unspecified atom stereocenters. The summed E-state index contributed by atoms with van der Waals surface area (Å²) in [6, 6.07) is 9.79. The van der Waals surface area contributed by atoms with E-state index < -0.39 is 7.60 Å². The molecule has 0 aromatic heterocycles. The first-order valence-electron chi connectivity index (χ1n) is 6.54.